The molecule has 5 heteroatoms. The first-order valence-corrected chi connectivity index (χ1v) is 4.45. The van der Waals surface area contributed by atoms with Crippen molar-refractivity contribution in [1.82, 2.24) is 0 Å². The van der Waals surface area contributed by atoms with Gasteiger partial charge in [0, 0.05) is 5.69 Å². The molecule has 0 aliphatic carbocycles. The highest BCUT2D eigenvalue weighted by Gasteiger charge is 2.13. The minimum atomic E-state index is -0.609. The molecule has 1 aromatic carbocycles. The molecular weight excluding hydrogens is 204 g/mol. The van der Waals surface area contributed by atoms with Crippen molar-refractivity contribution in [1.29, 1.82) is 0 Å². The zero-order chi connectivity index (χ0) is 10.7. The summed E-state index contributed by atoms with van der Waals surface area (Å²) < 4.78 is 5.20. The number of benzene rings is 1. The first kappa shape index (κ1) is 10.7. The van der Waals surface area contributed by atoms with Gasteiger partial charge in [-0.25, -0.2) is 0 Å². The molecule has 1 aromatic rings. The van der Waals surface area contributed by atoms with Crippen LogP contribution in [0.4, 0.5) is 5.69 Å². The maximum Gasteiger partial charge on any atom is 0.252 e. The van der Waals surface area contributed by atoms with Crippen molar-refractivity contribution in [2.45, 2.75) is 6.92 Å². The van der Waals surface area contributed by atoms with Gasteiger partial charge in [-0.3, -0.25) is 4.79 Å². The molecule has 0 aliphatic heterocycles. The van der Waals surface area contributed by atoms with Crippen LogP contribution in [0.3, 0.4) is 0 Å². The Kier molecular flexibility index (Phi) is 3.19. The van der Waals surface area contributed by atoms with Crippen LogP contribution < -0.4 is 16.2 Å². The number of hydrogen-bond acceptors (Lipinski definition) is 3. The number of carbonyl (C=O) groups is 1. The van der Waals surface area contributed by atoms with Crippen LogP contribution in [0, 0.1) is 0 Å². The summed E-state index contributed by atoms with van der Waals surface area (Å²) in [6.45, 7) is 2.20. The fourth-order valence-corrected chi connectivity index (χ4v) is 1.37. The van der Waals surface area contributed by atoms with Crippen LogP contribution in [-0.4, -0.2) is 12.5 Å². The quantitative estimate of drug-likeness (QED) is 0.747. The lowest BCUT2D eigenvalue weighted by Crippen LogP contribution is -2.13. The normalized spacial score (nSPS) is 9.86. The molecule has 76 valence electrons. The van der Waals surface area contributed by atoms with Gasteiger partial charge in [0.15, 0.2) is 5.75 Å². The van der Waals surface area contributed by atoms with Gasteiger partial charge in [-0.15, -0.1) is 0 Å². The van der Waals surface area contributed by atoms with Crippen LogP contribution in [0.1, 0.15) is 17.3 Å². The van der Waals surface area contributed by atoms with Crippen molar-refractivity contribution in [2.24, 2.45) is 5.73 Å². The minimum Gasteiger partial charge on any atom is -0.491 e. The Morgan fingerprint density at radius 2 is 2.21 bits per heavy atom. The van der Waals surface area contributed by atoms with Crippen LogP contribution in [0.2, 0.25) is 5.02 Å². The van der Waals surface area contributed by atoms with Crippen LogP contribution in [0.5, 0.6) is 5.75 Å². The van der Waals surface area contributed by atoms with E-state index in [1.54, 1.807) is 6.92 Å². The molecule has 1 rings (SSSR count). The molecule has 0 aliphatic rings. The Labute approximate surface area is 86.8 Å². The largest absolute Gasteiger partial charge is 0.491 e. The molecular formula is C9H11ClN2O2. The molecule has 1 amide bonds. The summed E-state index contributed by atoms with van der Waals surface area (Å²) >= 11 is 5.84. The Hall–Kier alpha value is -1.42. The monoisotopic (exact) mass is 214 g/mol. The standard InChI is InChI=1S/C9H11ClN2O2/c1-2-14-8-6(9(12)13)3-5(11)4-7(8)10/h3-4H,2,11H2,1H3,(H2,12,13). The van der Waals surface area contributed by atoms with E-state index in [1.165, 1.54) is 12.1 Å². The number of nitrogens with two attached hydrogens (primary N) is 2. The second-order valence-corrected chi connectivity index (χ2v) is 3.08. The Morgan fingerprint density at radius 3 is 2.71 bits per heavy atom. The molecule has 4 N–H and O–H groups in total. The average Bonchev–Trinajstić information content (AvgIpc) is 2.09. The van der Waals surface area contributed by atoms with Crippen LogP contribution in [0.15, 0.2) is 12.1 Å². The van der Waals surface area contributed by atoms with E-state index in [-0.39, 0.29) is 11.3 Å². The first-order valence-electron chi connectivity index (χ1n) is 4.08. The second kappa shape index (κ2) is 4.19. The topological polar surface area (TPSA) is 78.3 Å². The number of primary amides is 1. The number of carbonyl (C=O) groups excluding carboxylic acids is 1. The Morgan fingerprint density at radius 1 is 1.57 bits per heavy atom. The molecule has 0 radical (unpaired) electrons. The third-order valence-electron chi connectivity index (χ3n) is 1.62. The molecule has 0 fully saturated rings. The molecule has 0 aromatic heterocycles. The maximum absolute atomic E-state index is 11.0. The highest BCUT2D eigenvalue weighted by molar-refractivity contribution is 6.33. The van der Waals surface area contributed by atoms with Gasteiger partial charge in [-0.05, 0) is 19.1 Å². The molecule has 0 saturated carbocycles. The third-order valence-corrected chi connectivity index (χ3v) is 1.90. The van der Waals surface area contributed by atoms with E-state index in [2.05, 4.69) is 0 Å². The predicted octanol–water partition coefficient (Wildman–Crippen LogP) is 1.42. The Balaban J connectivity index is 3.28. The van der Waals surface area contributed by atoms with Gasteiger partial charge in [0.25, 0.3) is 5.91 Å². The molecule has 0 spiro atoms. The highest BCUT2D eigenvalue weighted by Crippen LogP contribution is 2.31. The summed E-state index contributed by atoms with van der Waals surface area (Å²) in [6, 6.07) is 2.96. The number of amides is 1. The predicted molar refractivity (Wildman–Crippen MR) is 55.6 cm³/mol. The lowest BCUT2D eigenvalue weighted by molar-refractivity contribution is 0.0996. The SMILES string of the molecule is CCOc1c(Cl)cc(N)cc1C(N)=O. The van der Waals surface area contributed by atoms with Gasteiger partial charge in [-0.1, -0.05) is 11.6 Å². The zero-order valence-corrected chi connectivity index (χ0v) is 8.47. The number of hydrogen-bond donors (Lipinski definition) is 2. The van der Waals surface area contributed by atoms with Crippen molar-refractivity contribution in [2.75, 3.05) is 12.3 Å². The minimum absolute atomic E-state index is 0.205. The molecule has 0 unspecified atom stereocenters. The molecule has 0 bridgehead atoms. The maximum atomic E-state index is 11.0. The summed E-state index contributed by atoms with van der Waals surface area (Å²) in [5.41, 5.74) is 11.3. The van der Waals surface area contributed by atoms with Crippen molar-refractivity contribution in [3.8, 4) is 5.75 Å². The van der Waals surface area contributed by atoms with Gasteiger partial charge in [0.05, 0.1) is 17.2 Å². The molecule has 4 nitrogen and oxygen atoms in total. The van der Waals surface area contributed by atoms with Gasteiger partial charge >= 0.3 is 0 Å². The fourth-order valence-electron chi connectivity index (χ4n) is 1.09. The lowest BCUT2D eigenvalue weighted by Gasteiger charge is -2.10. The third kappa shape index (κ3) is 2.09. The van der Waals surface area contributed by atoms with E-state index in [9.17, 15) is 4.79 Å². The highest BCUT2D eigenvalue weighted by atomic mass is 35.5. The summed E-state index contributed by atoms with van der Waals surface area (Å²) in [4.78, 5) is 11.0. The summed E-state index contributed by atoms with van der Waals surface area (Å²) in [5.74, 6) is -0.321. The van der Waals surface area contributed by atoms with E-state index >= 15 is 0 Å². The fraction of sp³-hybridized carbons (Fsp3) is 0.222. The first-order chi connectivity index (χ1) is 6.56. The van der Waals surface area contributed by atoms with Crippen molar-refractivity contribution >= 4 is 23.2 Å². The molecule has 14 heavy (non-hydrogen) atoms. The zero-order valence-electron chi connectivity index (χ0n) is 7.71. The van der Waals surface area contributed by atoms with Crippen molar-refractivity contribution in [3.63, 3.8) is 0 Å². The van der Waals surface area contributed by atoms with Gasteiger partial charge in [0.2, 0.25) is 0 Å². The number of ether oxygens (including phenoxy) is 1. The van der Waals surface area contributed by atoms with Gasteiger partial charge < -0.3 is 16.2 Å². The van der Waals surface area contributed by atoms with Crippen LogP contribution >= 0.6 is 11.6 Å². The second-order valence-electron chi connectivity index (χ2n) is 2.68. The van der Waals surface area contributed by atoms with E-state index in [1.807, 2.05) is 0 Å². The number of halogens is 1. The van der Waals surface area contributed by atoms with E-state index in [0.717, 1.165) is 0 Å². The lowest BCUT2D eigenvalue weighted by atomic mass is 10.1. The van der Waals surface area contributed by atoms with Crippen molar-refractivity contribution in [3.05, 3.63) is 22.7 Å². The van der Waals surface area contributed by atoms with Gasteiger partial charge in [-0.2, -0.15) is 0 Å². The molecule has 0 heterocycles. The number of nitrogen functional groups attached to an aromatic ring is 1. The summed E-state index contributed by atoms with van der Waals surface area (Å²) in [6.07, 6.45) is 0. The molecule has 0 atom stereocenters. The average molecular weight is 215 g/mol. The van der Waals surface area contributed by atoms with E-state index in [4.69, 9.17) is 27.8 Å². The van der Waals surface area contributed by atoms with Gasteiger partial charge in [0.1, 0.15) is 0 Å². The van der Waals surface area contributed by atoms with Crippen molar-refractivity contribution < 1.29 is 9.53 Å². The van der Waals surface area contributed by atoms with Crippen LogP contribution in [-0.2, 0) is 0 Å². The van der Waals surface area contributed by atoms with E-state index in [0.29, 0.717) is 17.3 Å². The number of rotatable bonds is 3. The van der Waals surface area contributed by atoms with E-state index < -0.39 is 5.91 Å². The summed E-state index contributed by atoms with van der Waals surface area (Å²) in [7, 11) is 0. The Bertz CT molecular complexity index is 366. The smallest absolute Gasteiger partial charge is 0.252 e. The number of anilines is 1. The molecule has 0 saturated heterocycles. The summed E-state index contributed by atoms with van der Waals surface area (Å²) in [5, 5.41) is 0.292. The van der Waals surface area contributed by atoms with Crippen LogP contribution in [0.25, 0.3) is 0 Å².